The second-order valence-electron chi connectivity index (χ2n) is 6.03. The maximum Gasteiger partial charge on any atom is 0.248 e. The van der Waals surface area contributed by atoms with Crippen molar-refractivity contribution in [2.75, 3.05) is 6.26 Å². The van der Waals surface area contributed by atoms with Crippen molar-refractivity contribution >= 4 is 9.84 Å². The first-order valence-corrected chi connectivity index (χ1v) is 10.2. The molecule has 2 aromatic heterocycles. The molecule has 0 unspecified atom stereocenters. The number of benzene rings is 2. The van der Waals surface area contributed by atoms with Gasteiger partial charge in [0.2, 0.25) is 15.0 Å². The normalized spacial score (nSPS) is 11.4. The van der Waals surface area contributed by atoms with Gasteiger partial charge in [-0.1, -0.05) is 60.7 Å². The molecule has 4 rings (SSSR count). The lowest BCUT2D eigenvalue weighted by Crippen LogP contribution is -2.09. The summed E-state index contributed by atoms with van der Waals surface area (Å²) in [6.07, 6.45) is 2.51. The van der Waals surface area contributed by atoms with Gasteiger partial charge in [-0.05, 0) is 6.07 Å². The highest BCUT2D eigenvalue weighted by Gasteiger charge is 2.17. The molecule has 0 fully saturated rings. The van der Waals surface area contributed by atoms with Gasteiger partial charge >= 0.3 is 0 Å². The number of hydrogen-bond donors (Lipinski definition) is 0. The Bertz CT molecular complexity index is 1190. The molecule has 4 aromatic rings. The van der Waals surface area contributed by atoms with Gasteiger partial charge in [0.25, 0.3) is 0 Å². The van der Waals surface area contributed by atoms with Crippen molar-refractivity contribution in [3.8, 4) is 28.3 Å². The lowest BCUT2D eigenvalue weighted by Gasteiger charge is -2.07. The van der Waals surface area contributed by atoms with Crippen molar-refractivity contribution in [1.82, 2.24) is 19.7 Å². The van der Waals surface area contributed by atoms with Crippen molar-refractivity contribution in [1.29, 1.82) is 0 Å². The van der Waals surface area contributed by atoms with Gasteiger partial charge < -0.3 is 0 Å². The van der Waals surface area contributed by atoms with Gasteiger partial charge in [0.05, 0.1) is 11.4 Å². The molecule has 0 atom stereocenters. The van der Waals surface area contributed by atoms with E-state index in [-0.39, 0.29) is 5.16 Å². The third kappa shape index (κ3) is 3.50. The van der Waals surface area contributed by atoms with E-state index >= 15 is 0 Å². The standard InChI is InChI=1S/C20H16N4O2S/c1-27(25,26)20-21-13-12-19(22-20)24-18(16-10-6-3-7-11-16)14-17(23-24)15-8-4-2-5-9-15/h2-14H,1H3. The number of sulfone groups is 1. The number of nitrogens with zero attached hydrogens (tertiary/aromatic N) is 4. The minimum Gasteiger partial charge on any atom is -0.227 e. The first kappa shape index (κ1) is 17.1. The predicted molar refractivity (Wildman–Crippen MR) is 103 cm³/mol. The van der Waals surface area contributed by atoms with Crippen LogP contribution in [0.15, 0.2) is 84.1 Å². The van der Waals surface area contributed by atoms with Crippen LogP contribution in [0.25, 0.3) is 28.3 Å². The Kier molecular flexibility index (Phi) is 4.29. The molecule has 0 saturated heterocycles. The molecule has 0 bridgehead atoms. The van der Waals surface area contributed by atoms with Crippen LogP contribution in [0.3, 0.4) is 0 Å². The zero-order chi connectivity index (χ0) is 18.9. The van der Waals surface area contributed by atoms with E-state index in [4.69, 9.17) is 0 Å². The van der Waals surface area contributed by atoms with E-state index in [9.17, 15) is 8.42 Å². The maximum atomic E-state index is 11.8. The molecule has 0 aliphatic rings. The van der Waals surface area contributed by atoms with E-state index in [1.54, 1.807) is 10.7 Å². The molecule has 27 heavy (non-hydrogen) atoms. The number of rotatable bonds is 4. The van der Waals surface area contributed by atoms with E-state index in [0.717, 1.165) is 28.8 Å². The Hall–Kier alpha value is -3.32. The summed E-state index contributed by atoms with van der Waals surface area (Å²) in [6.45, 7) is 0. The maximum absolute atomic E-state index is 11.8. The minimum atomic E-state index is -3.52. The monoisotopic (exact) mass is 376 g/mol. The van der Waals surface area contributed by atoms with Crippen LogP contribution in [-0.2, 0) is 9.84 Å². The van der Waals surface area contributed by atoms with E-state index < -0.39 is 9.84 Å². The largest absolute Gasteiger partial charge is 0.248 e. The van der Waals surface area contributed by atoms with Gasteiger partial charge in [-0.15, -0.1) is 0 Å². The van der Waals surface area contributed by atoms with Crippen LogP contribution < -0.4 is 0 Å². The molecule has 134 valence electrons. The van der Waals surface area contributed by atoms with Crippen molar-refractivity contribution < 1.29 is 8.42 Å². The van der Waals surface area contributed by atoms with Gasteiger partial charge in [-0.3, -0.25) is 0 Å². The Morgan fingerprint density at radius 1 is 0.852 bits per heavy atom. The summed E-state index contributed by atoms with van der Waals surface area (Å²) in [5, 5.41) is 4.46. The fraction of sp³-hybridized carbons (Fsp3) is 0.0500. The minimum absolute atomic E-state index is 0.226. The fourth-order valence-electron chi connectivity index (χ4n) is 2.75. The third-order valence-electron chi connectivity index (χ3n) is 4.02. The average molecular weight is 376 g/mol. The van der Waals surface area contributed by atoms with Gasteiger partial charge in [0, 0.05) is 29.6 Å². The van der Waals surface area contributed by atoms with Gasteiger partial charge in [-0.25, -0.2) is 18.1 Å². The van der Waals surface area contributed by atoms with Crippen molar-refractivity contribution in [3.05, 3.63) is 79.0 Å². The second kappa shape index (κ2) is 6.77. The van der Waals surface area contributed by atoms with Crippen LogP contribution in [0.1, 0.15) is 0 Å². The lowest BCUT2D eigenvalue weighted by atomic mass is 10.1. The van der Waals surface area contributed by atoms with Crippen LogP contribution in [0, 0.1) is 0 Å². The molecule has 6 nitrogen and oxygen atoms in total. The van der Waals surface area contributed by atoms with E-state index in [1.165, 1.54) is 6.20 Å². The van der Waals surface area contributed by atoms with Gasteiger partial charge in [0.1, 0.15) is 0 Å². The molecule has 0 aliphatic heterocycles. The Labute approximate surface area is 157 Å². The lowest BCUT2D eigenvalue weighted by molar-refractivity contribution is 0.592. The molecule has 0 spiro atoms. The smallest absolute Gasteiger partial charge is 0.227 e. The summed E-state index contributed by atoms with van der Waals surface area (Å²) in [5.41, 5.74) is 3.50. The van der Waals surface area contributed by atoms with Crippen LogP contribution in [0.5, 0.6) is 0 Å². The molecular weight excluding hydrogens is 360 g/mol. The highest BCUT2D eigenvalue weighted by Crippen LogP contribution is 2.28. The van der Waals surface area contributed by atoms with E-state index in [2.05, 4.69) is 15.1 Å². The van der Waals surface area contributed by atoms with Gasteiger partial charge in [0.15, 0.2) is 5.82 Å². The SMILES string of the molecule is CS(=O)(=O)c1nccc(-n2nc(-c3ccccc3)cc2-c2ccccc2)n1. The zero-order valence-corrected chi connectivity index (χ0v) is 15.3. The average Bonchev–Trinajstić information content (AvgIpc) is 3.14. The molecule has 0 aliphatic carbocycles. The summed E-state index contributed by atoms with van der Waals surface area (Å²) >= 11 is 0. The topological polar surface area (TPSA) is 77.7 Å². The number of hydrogen-bond acceptors (Lipinski definition) is 5. The van der Waals surface area contributed by atoms with Crippen LogP contribution in [0.2, 0.25) is 0 Å². The predicted octanol–water partition coefficient (Wildman–Crippen LogP) is 3.40. The quantitative estimate of drug-likeness (QED) is 0.510. The van der Waals surface area contributed by atoms with Gasteiger partial charge in [-0.2, -0.15) is 10.1 Å². The molecule has 0 N–H and O–H groups in total. The van der Waals surface area contributed by atoms with Crippen molar-refractivity contribution in [3.63, 3.8) is 0 Å². The fourth-order valence-corrected chi connectivity index (χ4v) is 3.26. The first-order valence-electron chi connectivity index (χ1n) is 8.27. The first-order chi connectivity index (χ1) is 13.0. The molecule has 0 amide bonds. The molecule has 2 aromatic carbocycles. The summed E-state index contributed by atoms with van der Waals surface area (Å²) in [6, 6.07) is 23.2. The molecule has 7 heteroatoms. The van der Waals surface area contributed by atoms with Crippen molar-refractivity contribution in [2.45, 2.75) is 5.16 Å². The molecule has 0 saturated carbocycles. The zero-order valence-electron chi connectivity index (χ0n) is 14.5. The summed E-state index contributed by atoms with van der Waals surface area (Å²) in [4.78, 5) is 8.07. The Morgan fingerprint density at radius 2 is 1.48 bits per heavy atom. The number of aromatic nitrogens is 4. The summed E-state index contributed by atoms with van der Waals surface area (Å²) in [7, 11) is -3.52. The molecule has 0 radical (unpaired) electrons. The van der Waals surface area contributed by atoms with E-state index in [1.807, 2.05) is 66.7 Å². The van der Waals surface area contributed by atoms with Crippen molar-refractivity contribution in [2.24, 2.45) is 0 Å². The van der Waals surface area contributed by atoms with E-state index in [0.29, 0.717) is 5.82 Å². The van der Waals surface area contributed by atoms with Crippen LogP contribution in [-0.4, -0.2) is 34.4 Å². The summed E-state index contributed by atoms with van der Waals surface area (Å²) in [5.74, 6) is 0.395. The molecular formula is C20H16N4O2S. The Balaban J connectivity index is 1.93. The third-order valence-corrected chi connectivity index (χ3v) is 4.88. The van der Waals surface area contributed by atoms with Crippen LogP contribution in [0.4, 0.5) is 0 Å². The molecule has 2 heterocycles. The van der Waals surface area contributed by atoms with Crippen LogP contribution >= 0.6 is 0 Å². The Morgan fingerprint density at radius 3 is 2.11 bits per heavy atom. The highest BCUT2D eigenvalue weighted by molar-refractivity contribution is 7.90. The second-order valence-corrected chi connectivity index (χ2v) is 7.94. The summed E-state index contributed by atoms with van der Waals surface area (Å²) < 4.78 is 25.3. The highest BCUT2D eigenvalue weighted by atomic mass is 32.2.